The van der Waals surface area contributed by atoms with E-state index in [9.17, 15) is 13.2 Å². The van der Waals surface area contributed by atoms with Gasteiger partial charge in [0.05, 0.1) is 38.1 Å². The van der Waals surface area contributed by atoms with Crippen molar-refractivity contribution in [3.63, 3.8) is 0 Å². The number of rotatable bonds is 3. The molecular weight excluding hydrogens is 362 g/mol. The van der Waals surface area contributed by atoms with Gasteiger partial charge < -0.3 is 9.80 Å². The first kappa shape index (κ1) is 18.4. The zero-order chi connectivity index (χ0) is 19.0. The molecule has 7 heteroatoms. The Morgan fingerprint density at radius 2 is 1.74 bits per heavy atom. The maximum absolute atomic E-state index is 13.3. The van der Waals surface area contributed by atoms with Crippen LogP contribution in [-0.4, -0.2) is 69.3 Å². The van der Waals surface area contributed by atoms with Gasteiger partial charge in [0.2, 0.25) is 15.9 Å². The molecule has 0 spiro atoms. The third-order valence-electron chi connectivity index (χ3n) is 5.74. The minimum absolute atomic E-state index is 0.0376. The number of benzene rings is 2. The largest absolute Gasteiger partial charge is 0.334 e. The Labute approximate surface area is 160 Å². The number of nitrogens with zero attached hydrogens (tertiary/aromatic N) is 2. The molecule has 2 fully saturated rings. The molecule has 4 rings (SSSR count). The van der Waals surface area contributed by atoms with Gasteiger partial charge in [-0.3, -0.25) is 4.79 Å². The van der Waals surface area contributed by atoms with Crippen molar-refractivity contribution in [2.45, 2.75) is 23.8 Å². The fourth-order valence-corrected chi connectivity index (χ4v) is 5.74. The molecule has 144 valence electrons. The SMILES string of the molecule is C[NH+]1CCN(C(=O)[C@H]2CCCN2S(=O)(=O)c2ccc3ccccc3c2)CC1. The van der Waals surface area contributed by atoms with Crippen LogP contribution in [0.1, 0.15) is 12.8 Å². The lowest BCUT2D eigenvalue weighted by atomic mass is 10.1. The highest BCUT2D eigenvalue weighted by molar-refractivity contribution is 7.89. The Morgan fingerprint density at radius 3 is 2.48 bits per heavy atom. The predicted molar refractivity (Wildman–Crippen MR) is 104 cm³/mol. The third-order valence-corrected chi connectivity index (χ3v) is 7.65. The smallest absolute Gasteiger partial charge is 0.243 e. The second-order valence-electron chi connectivity index (χ2n) is 7.57. The molecule has 2 heterocycles. The second-order valence-corrected chi connectivity index (χ2v) is 9.46. The lowest BCUT2D eigenvalue weighted by molar-refractivity contribution is -0.883. The minimum Gasteiger partial charge on any atom is -0.334 e. The number of amides is 1. The fourth-order valence-electron chi connectivity index (χ4n) is 4.06. The Kier molecular flexibility index (Phi) is 4.92. The van der Waals surface area contributed by atoms with Crippen LogP contribution in [0.3, 0.4) is 0 Å². The Morgan fingerprint density at radius 1 is 1.04 bits per heavy atom. The first-order chi connectivity index (χ1) is 13.0. The Balaban J connectivity index is 1.60. The normalized spacial score (nSPS) is 22.4. The van der Waals surface area contributed by atoms with E-state index in [0.29, 0.717) is 26.1 Å². The summed E-state index contributed by atoms with van der Waals surface area (Å²) in [6, 6.07) is 12.3. The van der Waals surface area contributed by atoms with Gasteiger partial charge in [0.25, 0.3) is 0 Å². The van der Waals surface area contributed by atoms with Crippen LogP contribution in [0.5, 0.6) is 0 Å². The molecule has 2 aromatic rings. The van der Waals surface area contributed by atoms with E-state index in [1.807, 2.05) is 35.2 Å². The van der Waals surface area contributed by atoms with E-state index in [1.165, 1.54) is 9.21 Å². The first-order valence-electron chi connectivity index (χ1n) is 9.57. The van der Waals surface area contributed by atoms with Crippen molar-refractivity contribution in [1.82, 2.24) is 9.21 Å². The molecule has 2 aliphatic heterocycles. The van der Waals surface area contributed by atoms with Crippen molar-refractivity contribution in [3.05, 3.63) is 42.5 Å². The van der Waals surface area contributed by atoms with Crippen molar-refractivity contribution < 1.29 is 18.1 Å². The summed E-state index contributed by atoms with van der Waals surface area (Å²) in [5, 5.41) is 1.90. The van der Waals surface area contributed by atoms with Gasteiger partial charge in [-0.1, -0.05) is 30.3 Å². The molecule has 2 aliphatic rings. The molecule has 0 saturated carbocycles. The van der Waals surface area contributed by atoms with Crippen LogP contribution in [0.2, 0.25) is 0 Å². The van der Waals surface area contributed by atoms with Crippen molar-refractivity contribution in [2.24, 2.45) is 0 Å². The highest BCUT2D eigenvalue weighted by Gasteiger charge is 2.41. The minimum atomic E-state index is -3.69. The van der Waals surface area contributed by atoms with Crippen molar-refractivity contribution >= 4 is 26.7 Å². The molecule has 0 aliphatic carbocycles. The van der Waals surface area contributed by atoms with E-state index in [0.717, 1.165) is 30.3 Å². The maximum atomic E-state index is 13.3. The van der Waals surface area contributed by atoms with E-state index in [4.69, 9.17) is 0 Å². The second kappa shape index (κ2) is 7.22. The Bertz CT molecular complexity index is 952. The van der Waals surface area contributed by atoms with E-state index < -0.39 is 16.1 Å². The van der Waals surface area contributed by atoms with Gasteiger partial charge in [-0.2, -0.15) is 4.31 Å². The number of carbonyl (C=O) groups is 1. The summed E-state index contributed by atoms with van der Waals surface area (Å²) >= 11 is 0. The maximum Gasteiger partial charge on any atom is 0.243 e. The molecule has 0 radical (unpaired) electrons. The quantitative estimate of drug-likeness (QED) is 0.825. The summed E-state index contributed by atoms with van der Waals surface area (Å²) in [5.41, 5.74) is 0. The molecule has 0 aromatic heterocycles. The molecule has 0 bridgehead atoms. The van der Waals surface area contributed by atoms with Crippen LogP contribution in [0.4, 0.5) is 0 Å². The molecule has 1 N–H and O–H groups in total. The zero-order valence-corrected chi connectivity index (χ0v) is 16.4. The Hall–Kier alpha value is -1.96. The first-order valence-corrected chi connectivity index (χ1v) is 11.0. The average Bonchev–Trinajstić information content (AvgIpc) is 3.18. The molecular formula is C20H26N3O3S+. The molecule has 2 aromatic carbocycles. The van der Waals surface area contributed by atoms with Crippen molar-refractivity contribution in [1.29, 1.82) is 0 Å². The van der Waals surface area contributed by atoms with Crippen LogP contribution in [0.15, 0.2) is 47.4 Å². The predicted octanol–water partition coefficient (Wildman–Crippen LogP) is 0.350. The van der Waals surface area contributed by atoms with E-state index in [2.05, 4.69) is 7.05 Å². The lowest BCUT2D eigenvalue weighted by Crippen LogP contribution is -3.12. The van der Waals surface area contributed by atoms with Gasteiger partial charge in [0, 0.05) is 6.54 Å². The van der Waals surface area contributed by atoms with Gasteiger partial charge in [-0.15, -0.1) is 0 Å². The highest BCUT2D eigenvalue weighted by Crippen LogP contribution is 2.29. The molecule has 27 heavy (non-hydrogen) atoms. The van der Waals surface area contributed by atoms with Crippen molar-refractivity contribution in [3.8, 4) is 0 Å². The summed E-state index contributed by atoms with van der Waals surface area (Å²) < 4.78 is 28.0. The number of likely N-dealkylation sites (N-methyl/N-ethyl adjacent to an activating group) is 1. The zero-order valence-electron chi connectivity index (χ0n) is 15.6. The highest BCUT2D eigenvalue weighted by atomic mass is 32.2. The molecule has 1 atom stereocenters. The van der Waals surface area contributed by atoms with Crippen LogP contribution >= 0.6 is 0 Å². The number of fused-ring (bicyclic) bond motifs is 1. The number of hydrogen-bond acceptors (Lipinski definition) is 3. The fraction of sp³-hybridized carbons (Fsp3) is 0.450. The summed E-state index contributed by atoms with van der Waals surface area (Å²) in [6.07, 6.45) is 1.33. The van der Waals surface area contributed by atoms with Gasteiger partial charge >= 0.3 is 0 Å². The summed E-state index contributed by atoms with van der Waals surface area (Å²) in [4.78, 5) is 16.5. The summed E-state index contributed by atoms with van der Waals surface area (Å²) in [7, 11) is -1.57. The third kappa shape index (κ3) is 3.47. The van der Waals surface area contributed by atoms with E-state index in [-0.39, 0.29) is 10.8 Å². The number of hydrogen-bond donors (Lipinski definition) is 1. The molecule has 6 nitrogen and oxygen atoms in total. The number of sulfonamides is 1. The summed E-state index contributed by atoms with van der Waals surface area (Å²) in [6.45, 7) is 3.63. The van der Waals surface area contributed by atoms with Crippen LogP contribution in [0.25, 0.3) is 10.8 Å². The average molecular weight is 389 g/mol. The van der Waals surface area contributed by atoms with Gasteiger partial charge in [-0.25, -0.2) is 8.42 Å². The van der Waals surface area contributed by atoms with Gasteiger partial charge in [0.1, 0.15) is 6.04 Å². The molecule has 0 unspecified atom stereocenters. The topological polar surface area (TPSA) is 62.1 Å². The van der Waals surface area contributed by atoms with E-state index >= 15 is 0 Å². The van der Waals surface area contributed by atoms with Crippen LogP contribution in [0, 0.1) is 0 Å². The number of carbonyl (C=O) groups excluding carboxylic acids is 1. The van der Waals surface area contributed by atoms with E-state index in [1.54, 1.807) is 12.1 Å². The van der Waals surface area contributed by atoms with Crippen LogP contribution in [-0.2, 0) is 14.8 Å². The summed E-state index contributed by atoms with van der Waals surface area (Å²) in [5.74, 6) is -0.0376. The van der Waals surface area contributed by atoms with Gasteiger partial charge in [-0.05, 0) is 35.7 Å². The molecule has 2 saturated heterocycles. The lowest BCUT2D eigenvalue weighted by Gasteiger charge is -2.33. The number of piperazine rings is 1. The number of quaternary nitrogens is 1. The standard InChI is InChI=1S/C20H25N3O3S/c1-21-11-13-22(14-12-21)20(24)19-7-4-10-23(19)27(25,26)18-9-8-16-5-2-3-6-17(16)15-18/h2-3,5-6,8-9,15,19H,4,7,10-14H2,1H3/p+1/t19-/m1/s1. The van der Waals surface area contributed by atoms with Crippen LogP contribution < -0.4 is 4.90 Å². The molecule has 1 amide bonds. The number of nitrogens with one attached hydrogen (secondary N) is 1. The van der Waals surface area contributed by atoms with Crippen molar-refractivity contribution in [2.75, 3.05) is 39.8 Å². The van der Waals surface area contributed by atoms with Gasteiger partial charge in [0.15, 0.2) is 0 Å². The monoisotopic (exact) mass is 388 g/mol.